The maximum absolute atomic E-state index is 3.75. The lowest BCUT2D eigenvalue weighted by Gasteiger charge is -2.34. The molecule has 1 aliphatic rings. The van der Waals surface area contributed by atoms with Crippen molar-refractivity contribution in [3.05, 3.63) is 11.6 Å². The average molecular weight is 253 g/mol. The summed E-state index contributed by atoms with van der Waals surface area (Å²) in [6, 6.07) is 1.30. The van der Waals surface area contributed by atoms with Gasteiger partial charge in [-0.1, -0.05) is 11.6 Å². The van der Waals surface area contributed by atoms with E-state index < -0.39 is 0 Å². The molecule has 1 N–H and O–H groups in total. The number of hydrogen-bond acceptors (Lipinski definition) is 3. The summed E-state index contributed by atoms with van der Waals surface area (Å²) in [6.45, 7) is 11.4. The summed E-state index contributed by atoms with van der Waals surface area (Å²) in [6.07, 6.45) is 4.91. The molecule has 1 unspecified atom stereocenters. The molecule has 1 heterocycles. The Balaban J connectivity index is 2.21. The molecule has 0 radical (unpaired) electrons. The maximum Gasteiger partial charge on any atom is 0.0169 e. The van der Waals surface area contributed by atoms with Gasteiger partial charge in [-0.15, -0.1) is 0 Å². The molecule has 0 aromatic rings. The molecule has 0 spiro atoms. The number of likely N-dealkylation sites (N-methyl/N-ethyl adjacent to an activating group) is 1. The molecule has 18 heavy (non-hydrogen) atoms. The fourth-order valence-electron chi connectivity index (χ4n) is 2.60. The van der Waals surface area contributed by atoms with Crippen LogP contribution >= 0.6 is 0 Å². The van der Waals surface area contributed by atoms with E-state index in [-0.39, 0.29) is 0 Å². The third-order valence-corrected chi connectivity index (χ3v) is 3.50. The molecule has 1 fully saturated rings. The standard InChI is InChI=1S/C15H31N3/c1-13(2)6-9-18-10-7-15(8-11-18)16-14(3)12-17(4)5/h6,14-16H,7-12H2,1-5H3. The maximum atomic E-state index is 3.75. The van der Waals surface area contributed by atoms with Crippen LogP contribution in [0.15, 0.2) is 11.6 Å². The number of allylic oxidation sites excluding steroid dienone is 1. The van der Waals surface area contributed by atoms with E-state index in [1.165, 1.54) is 31.5 Å². The van der Waals surface area contributed by atoms with Crippen LogP contribution in [0.5, 0.6) is 0 Å². The van der Waals surface area contributed by atoms with Crippen molar-refractivity contribution in [2.75, 3.05) is 40.3 Å². The van der Waals surface area contributed by atoms with Crippen LogP contribution in [0.2, 0.25) is 0 Å². The molecule has 1 saturated heterocycles. The van der Waals surface area contributed by atoms with Crippen LogP contribution in [0.4, 0.5) is 0 Å². The molecule has 3 nitrogen and oxygen atoms in total. The van der Waals surface area contributed by atoms with Crippen LogP contribution in [-0.4, -0.2) is 62.2 Å². The van der Waals surface area contributed by atoms with Crippen molar-refractivity contribution in [2.45, 2.75) is 45.7 Å². The number of likely N-dealkylation sites (tertiary alicyclic amines) is 1. The average Bonchev–Trinajstić information content (AvgIpc) is 2.26. The Hall–Kier alpha value is -0.380. The summed E-state index contributed by atoms with van der Waals surface area (Å²) < 4.78 is 0. The van der Waals surface area contributed by atoms with Crippen LogP contribution in [0, 0.1) is 0 Å². The quantitative estimate of drug-likeness (QED) is 0.730. The summed E-state index contributed by atoms with van der Waals surface area (Å²) >= 11 is 0. The minimum absolute atomic E-state index is 0.592. The van der Waals surface area contributed by atoms with Crippen LogP contribution in [0.3, 0.4) is 0 Å². The Morgan fingerprint density at radius 3 is 2.44 bits per heavy atom. The zero-order valence-corrected chi connectivity index (χ0v) is 12.9. The first-order chi connectivity index (χ1) is 8.47. The monoisotopic (exact) mass is 253 g/mol. The topological polar surface area (TPSA) is 18.5 Å². The fourth-order valence-corrected chi connectivity index (χ4v) is 2.60. The predicted molar refractivity (Wildman–Crippen MR) is 80.0 cm³/mol. The normalized spacial score (nSPS) is 20.1. The van der Waals surface area contributed by atoms with E-state index >= 15 is 0 Å². The largest absolute Gasteiger partial charge is 0.310 e. The Bertz CT molecular complexity index is 248. The molecular formula is C15H31N3. The number of rotatable bonds is 6. The minimum Gasteiger partial charge on any atom is -0.310 e. The van der Waals surface area contributed by atoms with Crippen molar-refractivity contribution in [3.8, 4) is 0 Å². The third-order valence-electron chi connectivity index (χ3n) is 3.50. The summed E-state index contributed by atoms with van der Waals surface area (Å²) in [7, 11) is 4.28. The van der Waals surface area contributed by atoms with Gasteiger partial charge in [0.15, 0.2) is 0 Å². The van der Waals surface area contributed by atoms with Crippen LogP contribution < -0.4 is 5.32 Å². The molecule has 1 aliphatic heterocycles. The molecule has 0 bridgehead atoms. The molecule has 0 aromatic heterocycles. The summed E-state index contributed by atoms with van der Waals surface area (Å²) in [5, 5.41) is 3.75. The zero-order valence-electron chi connectivity index (χ0n) is 12.9. The van der Waals surface area contributed by atoms with Crippen LogP contribution in [0.1, 0.15) is 33.6 Å². The van der Waals surface area contributed by atoms with Gasteiger partial charge >= 0.3 is 0 Å². The summed E-state index contributed by atoms with van der Waals surface area (Å²) in [5.74, 6) is 0. The van der Waals surface area contributed by atoms with Gasteiger partial charge in [0.1, 0.15) is 0 Å². The lowest BCUT2D eigenvalue weighted by atomic mass is 10.0. The number of nitrogens with zero attached hydrogens (tertiary/aromatic N) is 2. The highest BCUT2D eigenvalue weighted by Crippen LogP contribution is 2.11. The molecule has 1 atom stereocenters. The van der Waals surface area contributed by atoms with Gasteiger partial charge in [0, 0.05) is 25.2 Å². The number of nitrogens with one attached hydrogen (secondary N) is 1. The molecule has 0 amide bonds. The molecule has 0 aromatic carbocycles. The van der Waals surface area contributed by atoms with Crippen molar-refractivity contribution in [2.24, 2.45) is 0 Å². The first-order valence-corrected chi connectivity index (χ1v) is 7.24. The van der Waals surface area contributed by atoms with Gasteiger partial charge in [0.05, 0.1) is 0 Å². The second-order valence-corrected chi connectivity index (χ2v) is 6.19. The highest BCUT2D eigenvalue weighted by atomic mass is 15.1. The van der Waals surface area contributed by atoms with Gasteiger partial charge in [0.2, 0.25) is 0 Å². The van der Waals surface area contributed by atoms with Gasteiger partial charge < -0.3 is 10.2 Å². The lowest BCUT2D eigenvalue weighted by Crippen LogP contribution is -2.47. The van der Waals surface area contributed by atoms with Crippen molar-refractivity contribution < 1.29 is 0 Å². The highest BCUT2D eigenvalue weighted by molar-refractivity contribution is 4.95. The first kappa shape index (κ1) is 15.7. The van der Waals surface area contributed by atoms with Gasteiger partial charge in [-0.2, -0.15) is 0 Å². The third kappa shape index (κ3) is 6.53. The second-order valence-electron chi connectivity index (χ2n) is 6.19. The summed E-state index contributed by atoms with van der Waals surface area (Å²) in [5.41, 5.74) is 1.43. The van der Waals surface area contributed by atoms with Crippen molar-refractivity contribution >= 4 is 0 Å². The van der Waals surface area contributed by atoms with Gasteiger partial charge in [-0.05, 0) is 60.8 Å². The molecule has 0 saturated carbocycles. The van der Waals surface area contributed by atoms with Crippen molar-refractivity contribution in [1.82, 2.24) is 15.1 Å². The summed E-state index contributed by atoms with van der Waals surface area (Å²) in [4.78, 5) is 4.81. The van der Waals surface area contributed by atoms with E-state index in [2.05, 4.69) is 56.1 Å². The highest BCUT2D eigenvalue weighted by Gasteiger charge is 2.19. The predicted octanol–water partition coefficient (Wildman–Crippen LogP) is 1.96. The van der Waals surface area contributed by atoms with Gasteiger partial charge in [0.25, 0.3) is 0 Å². The van der Waals surface area contributed by atoms with E-state index in [1.807, 2.05) is 0 Å². The molecule has 1 rings (SSSR count). The second kappa shape index (κ2) is 7.93. The Kier molecular flexibility index (Phi) is 6.90. The molecule has 0 aliphatic carbocycles. The van der Waals surface area contributed by atoms with E-state index in [0.717, 1.165) is 13.1 Å². The van der Waals surface area contributed by atoms with E-state index in [1.54, 1.807) is 0 Å². The minimum atomic E-state index is 0.592. The SMILES string of the molecule is CC(C)=CCN1CCC(NC(C)CN(C)C)CC1. The van der Waals surface area contributed by atoms with Crippen molar-refractivity contribution in [3.63, 3.8) is 0 Å². The lowest BCUT2D eigenvalue weighted by molar-refractivity contribution is 0.201. The Morgan fingerprint density at radius 2 is 1.94 bits per heavy atom. The van der Waals surface area contributed by atoms with E-state index in [0.29, 0.717) is 12.1 Å². The fraction of sp³-hybridized carbons (Fsp3) is 0.867. The van der Waals surface area contributed by atoms with Gasteiger partial charge in [-0.25, -0.2) is 0 Å². The van der Waals surface area contributed by atoms with Crippen LogP contribution in [-0.2, 0) is 0 Å². The first-order valence-electron chi connectivity index (χ1n) is 7.24. The zero-order chi connectivity index (χ0) is 13.5. The van der Waals surface area contributed by atoms with Crippen molar-refractivity contribution in [1.29, 1.82) is 0 Å². The number of hydrogen-bond donors (Lipinski definition) is 1. The Labute approximate surface area is 113 Å². The molecule has 106 valence electrons. The van der Waals surface area contributed by atoms with Crippen LogP contribution in [0.25, 0.3) is 0 Å². The molecule has 3 heteroatoms. The number of piperidine rings is 1. The van der Waals surface area contributed by atoms with Gasteiger partial charge in [-0.3, -0.25) is 4.90 Å². The van der Waals surface area contributed by atoms with E-state index in [9.17, 15) is 0 Å². The Morgan fingerprint density at radius 1 is 1.33 bits per heavy atom. The molecular weight excluding hydrogens is 222 g/mol. The smallest absolute Gasteiger partial charge is 0.0169 e. The van der Waals surface area contributed by atoms with E-state index in [4.69, 9.17) is 0 Å².